The number of carboxylic acids is 1. The molecule has 0 spiro atoms. The van der Waals surface area contributed by atoms with E-state index in [4.69, 9.17) is 9.57 Å². The van der Waals surface area contributed by atoms with Gasteiger partial charge in [0.25, 0.3) is 0 Å². The quantitative estimate of drug-likeness (QED) is 0.305. The molecule has 0 amide bonds. The summed E-state index contributed by atoms with van der Waals surface area (Å²) in [5.74, 6) is -1.20. The summed E-state index contributed by atoms with van der Waals surface area (Å²) < 4.78 is 4.98. The van der Waals surface area contributed by atoms with Gasteiger partial charge in [-0.2, -0.15) is 5.48 Å². The monoisotopic (exact) mass is 355 g/mol. The fourth-order valence-corrected chi connectivity index (χ4v) is 2.03. The fourth-order valence-electron chi connectivity index (χ4n) is 2.03. The van der Waals surface area contributed by atoms with Crippen molar-refractivity contribution in [1.29, 1.82) is 0 Å². The van der Waals surface area contributed by atoms with Crippen LogP contribution in [0, 0.1) is 0 Å². The van der Waals surface area contributed by atoms with E-state index in [1.54, 1.807) is 54.6 Å². The van der Waals surface area contributed by atoms with Gasteiger partial charge in [-0.1, -0.05) is 60.7 Å². The van der Waals surface area contributed by atoms with Crippen molar-refractivity contribution in [2.75, 3.05) is 0 Å². The Morgan fingerprint density at radius 2 is 1.50 bits per heavy atom. The molecule has 1 atom stereocenters. The highest BCUT2D eigenvalue weighted by atomic mass is 16.6. The molecule has 0 heterocycles. The molecule has 2 rings (SSSR count). The maximum Gasteiger partial charge on any atom is 0.347 e. The molecule has 2 aromatic carbocycles. The molecule has 0 aliphatic rings. The van der Waals surface area contributed by atoms with Gasteiger partial charge in [-0.05, 0) is 11.1 Å². The second-order valence-corrected chi connectivity index (χ2v) is 5.24. The molecule has 26 heavy (non-hydrogen) atoms. The van der Waals surface area contributed by atoms with E-state index in [9.17, 15) is 19.5 Å². The SMILES string of the molecule is O=C=C(C(=O)OCc1ccccc1)[C@H](NOCc1ccccc1)C(=O)O. The lowest BCUT2D eigenvalue weighted by molar-refractivity contribution is -0.148. The summed E-state index contributed by atoms with van der Waals surface area (Å²) in [6.45, 7) is -0.0438. The number of hydroxylamine groups is 1. The Morgan fingerprint density at radius 1 is 0.962 bits per heavy atom. The molecule has 7 nitrogen and oxygen atoms in total. The van der Waals surface area contributed by atoms with E-state index < -0.39 is 23.6 Å². The van der Waals surface area contributed by atoms with E-state index in [0.717, 1.165) is 5.56 Å². The lowest BCUT2D eigenvalue weighted by Crippen LogP contribution is -2.41. The Hall–Kier alpha value is -3.25. The number of ether oxygens (including phenoxy) is 1. The molecular formula is C19H17NO6. The number of aliphatic carboxylic acids is 1. The van der Waals surface area contributed by atoms with Crippen molar-refractivity contribution >= 4 is 17.9 Å². The number of hydrogen-bond acceptors (Lipinski definition) is 6. The largest absolute Gasteiger partial charge is 0.480 e. The average Bonchev–Trinajstić information content (AvgIpc) is 2.67. The van der Waals surface area contributed by atoms with Crippen molar-refractivity contribution < 1.29 is 29.1 Å². The van der Waals surface area contributed by atoms with E-state index in [0.29, 0.717) is 5.56 Å². The minimum Gasteiger partial charge on any atom is -0.480 e. The molecule has 2 N–H and O–H groups in total. The van der Waals surface area contributed by atoms with Crippen molar-refractivity contribution in [3.63, 3.8) is 0 Å². The molecule has 0 aliphatic carbocycles. The Kier molecular flexibility index (Phi) is 7.27. The molecule has 0 aliphatic heterocycles. The molecule has 0 saturated carbocycles. The average molecular weight is 355 g/mol. The second-order valence-electron chi connectivity index (χ2n) is 5.24. The zero-order valence-electron chi connectivity index (χ0n) is 13.8. The van der Waals surface area contributed by atoms with Crippen LogP contribution < -0.4 is 5.48 Å². The normalized spacial score (nSPS) is 11.2. The molecule has 0 unspecified atom stereocenters. The van der Waals surface area contributed by atoms with Gasteiger partial charge in [0.1, 0.15) is 12.5 Å². The highest BCUT2D eigenvalue weighted by molar-refractivity contribution is 6.03. The van der Waals surface area contributed by atoms with Crippen LogP contribution in [0.1, 0.15) is 11.1 Å². The predicted octanol–water partition coefficient (Wildman–Crippen LogP) is 1.66. The number of carbonyl (C=O) groups excluding carboxylic acids is 2. The Morgan fingerprint density at radius 3 is 2.00 bits per heavy atom. The van der Waals surface area contributed by atoms with Crippen molar-refractivity contribution in [2.24, 2.45) is 0 Å². The van der Waals surface area contributed by atoms with Crippen LogP contribution in [0.2, 0.25) is 0 Å². The van der Waals surface area contributed by atoms with E-state index in [1.807, 2.05) is 6.07 Å². The number of carboxylic acid groups (broad SMARTS) is 1. The van der Waals surface area contributed by atoms with Gasteiger partial charge in [-0.15, -0.1) is 0 Å². The lowest BCUT2D eigenvalue weighted by Gasteiger charge is -2.15. The molecule has 0 fully saturated rings. The van der Waals surface area contributed by atoms with Gasteiger partial charge in [-0.3, -0.25) is 9.63 Å². The van der Waals surface area contributed by atoms with Gasteiger partial charge in [0.15, 0.2) is 11.6 Å². The van der Waals surface area contributed by atoms with Crippen LogP contribution in [-0.4, -0.2) is 29.0 Å². The highest BCUT2D eigenvalue weighted by Gasteiger charge is 2.30. The van der Waals surface area contributed by atoms with Crippen LogP contribution in [0.5, 0.6) is 0 Å². The first-order valence-electron chi connectivity index (χ1n) is 7.72. The molecule has 7 heteroatoms. The third-order valence-electron chi connectivity index (χ3n) is 3.36. The maximum absolute atomic E-state index is 12.0. The summed E-state index contributed by atoms with van der Waals surface area (Å²) in [7, 11) is 0. The maximum atomic E-state index is 12.0. The molecule has 0 aromatic heterocycles. The Bertz CT molecular complexity index is 784. The summed E-state index contributed by atoms with van der Waals surface area (Å²) in [6, 6.07) is 16.1. The fraction of sp³-hybridized carbons (Fsp3) is 0.158. The predicted molar refractivity (Wildman–Crippen MR) is 91.2 cm³/mol. The molecule has 0 saturated heterocycles. The van der Waals surface area contributed by atoms with Gasteiger partial charge in [0.05, 0.1) is 6.61 Å². The van der Waals surface area contributed by atoms with Crippen LogP contribution in [0.15, 0.2) is 66.2 Å². The van der Waals surface area contributed by atoms with Gasteiger partial charge in [0.2, 0.25) is 0 Å². The summed E-state index contributed by atoms with van der Waals surface area (Å²) in [5.41, 5.74) is 2.98. The number of rotatable bonds is 9. The third kappa shape index (κ3) is 5.68. The van der Waals surface area contributed by atoms with Crippen molar-refractivity contribution in [3.05, 3.63) is 77.4 Å². The van der Waals surface area contributed by atoms with E-state index in [2.05, 4.69) is 5.48 Å². The topological polar surface area (TPSA) is 102 Å². The number of nitrogens with one attached hydrogen (secondary N) is 1. The van der Waals surface area contributed by atoms with Crippen LogP contribution in [0.4, 0.5) is 0 Å². The van der Waals surface area contributed by atoms with Gasteiger partial charge in [-0.25, -0.2) is 9.59 Å². The molecule has 2 aromatic rings. The lowest BCUT2D eigenvalue weighted by atomic mass is 10.1. The van der Waals surface area contributed by atoms with Crippen LogP contribution in [0.3, 0.4) is 0 Å². The first-order valence-corrected chi connectivity index (χ1v) is 7.72. The van der Waals surface area contributed by atoms with Gasteiger partial charge < -0.3 is 9.84 Å². The molecular weight excluding hydrogens is 338 g/mol. The summed E-state index contributed by atoms with van der Waals surface area (Å²) >= 11 is 0. The Balaban J connectivity index is 1.95. The molecule has 0 radical (unpaired) electrons. The minimum absolute atomic E-state index is 0.0514. The molecule has 134 valence electrons. The first kappa shape index (κ1) is 19.1. The van der Waals surface area contributed by atoms with Crippen LogP contribution in [0.25, 0.3) is 0 Å². The van der Waals surface area contributed by atoms with E-state index >= 15 is 0 Å². The van der Waals surface area contributed by atoms with Crippen LogP contribution >= 0.6 is 0 Å². The standard InChI is InChI=1S/C19H17NO6/c21-11-16(19(24)25-12-14-7-3-1-4-8-14)17(18(22)23)20-26-13-15-9-5-2-6-10-15/h1-10,17,20H,12-13H2,(H,22,23)/t17-/m0/s1. The number of benzene rings is 2. The van der Waals surface area contributed by atoms with E-state index in [1.165, 1.54) is 5.94 Å². The number of hydrogen-bond donors (Lipinski definition) is 2. The smallest absolute Gasteiger partial charge is 0.347 e. The van der Waals surface area contributed by atoms with Crippen LogP contribution in [-0.2, 0) is 37.2 Å². The zero-order chi connectivity index (χ0) is 18.8. The van der Waals surface area contributed by atoms with Gasteiger partial charge in [0, 0.05) is 0 Å². The first-order chi connectivity index (χ1) is 12.6. The van der Waals surface area contributed by atoms with Gasteiger partial charge >= 0.3 is 11.9 Å². The van der Waals surface area contributed by atoms with Crippen molar-refractivity contribution in [2.45, 2.75) is 19.3 Å². The minimum atomic E-state index is -1.69. The van der Waals surface area contributed by atoms with Crippen molar-refractivity contribution in [1.82, 2.24) is 5.48 Å². The summed E-state index contributed by atoms with van der Waals surface area (Å²) in [4.78, 5) is 39.6. The zero-order valence-corrected chi connectivity index (χ0v) is 13.8. The van der Waals surface area contributed by atoms with E-state index in [-0.39, 0.29) is 13.2 Å². The van der Waals surface area contributed by atoms with Crippen molar-refractivity contribution in [3.8, 4) is 0 Å². The molecule has 0 bridgehead atoms. The Labute approximate surface area is 149 Å². The summed E-state index contributed by atoms with van der Waals surface area (Å²) in [6.07, 6.45) is 0. The number of esters is 1. The summed E-state index contributed by atoms with van der Waals surface area (Å²) in [5, 5.41) is 9.26. The second kappa shape index (κ2) is 9.90. The number of carbonyl (C=O) groups is 2. The highest BCUT2D eigenvalue weighted by Crippen LogP contribution is 2.08. The third-order valence-corrected chi connectivity index (χ3v) is 3.36.